The molecule has 0 atom stereocenters. The second kappa shape index (κ2) is 9.77. The molecule has 152 valence electrons. The zero-order valence-electron chi connectivity index (χ0n) is 17.2. The van der Waals surface area contributed by atoms with Gasteiger partial charge < -0.3 is 20.6 Å². The van der Waals surface area contributed by atoms with Crippen molar-refractivity contribution in [1.82, 2.24) is 20.0 Å². The first-order chi connectivity index (χ1) is 13.3. The topological polar surface area (TPSA) is 94.8 Å². The van der Waals surface area contributed by atoms with Crippen LogP contribution in [0.25, 0.3) is 0 Å². The van der Waals surface area contributed by atoms with Crippen molar-refractivity contribution in [2.24, 2.45) is 12.0 Å². The lowest BCUT2D eigenvalue weighted by molar-refractivity contribution is -0.114. The molecule has 28 heavy (non-hydrogen) atoms. The lowest BCUT2D eigenvalue weighted by Gasteiger charge is -2.22. The molecule has 0 fully saturated rings. The molecule has 0 aliphatic rings. The van der Waals surface area contributed by atoms with Crippen molar-refractivity contribution in [3.05, 3.63) is 41.7 Å². The highest BCUT2D eigenvalue weighted by molar-refractivity contribution is 5.94. The van der Waals surface area contributed by atoms with E-state index in [2.05, 4.69) is 34.6 Å². The molecule has 1 aromatic carbocycles. The Morgan fingerprint density at radius 2 is 2.00 bits per heavy atom. The zero-order chi connectivity index (χ0) is 20.7. The third-order valence-electron chi connectivity index (χ3n) is 4.11. The van der Waals surface area contributed by atoms with Crippen LogP contribution < -0.4 is 10.6 Å². The monoisotopic (exact) mass is 386 g/mol. The average Bonchev–Trinajstić information content (AvgIpc) is 3.01. The first-order valence-electron chi connectivity index (χ1n) is 9.40. The molecule has 2 rings (SSSR count). The fourth-order valence-electron chi connectivity index (χ4n) is 2.85. The number of carbonyl (C=O) groups excluding carboxylic acids is 1. The molecule has 0 radical (unpaired) electrons. The lowest BCUT2D eigenvalue weighted by atomic mass is 10.1. The second-order valence-corrected chi connectivity index (χ2v) is 6.99. The largest absolute Gasteiger partial charge is 0.508 e. The minimum absolute atomic E-state index is 0.00235. The molecule has 0 aliphatic carbocycles. The number of benzene rings is 1. The summed E-state index contributed by atoms with van der Waals surface area (Å²) in [5, 5.41) is 19.8. The van der Waals surface area contributed by atoms with Gasteiger partial charge in [0.2, 0.25) is 5.91 Å². The molecule has 0 saturated carbocycles. The van der Waals surface area contributed by atoms with Gasteiger partial charge in [0.25, 0.3) is 0 Å². The van der Waals surface area contributed by atoms with Gasteiger partial charge in [0.05, 0.1) is 5.69 Å². The van der Waals surface area contributed by atoms with E-state index in [1.807, 2.05) is 36.8 Å². The predicted octanol–water partition coefficient (Wildman–Crippen LogP) is 2.29. The van der Waals surface area contributed by atoms with Crippen LogP contribution in [0.1, 0.15) is 37.9 Å². The number of nitrogens with one attached hydrogen (secondary N) is 2. The molecular formula is C20H30N6O2. The summed E-state index contributed by atoms with van der Waals surface area (Å²) in [6.07, 6.45) is 2.02. The SMILES string of the molecule is CCNC(=NCC(=O)Nc1ccc(O)cc1)N(C)Cc1cn(C)nc1C(C)C. The second-order valence-electron chi connectivity index (χ2n) is 6.99. The first-order valence-corrected chi connectivity index (χ1v) is 9.40. The van der Waals surface area contributed by atoms with Gasteiger partial charge >= 0.3 is 0 Å². The summed E-state index contributed by atoms with van der Waals surface area (Å²) in [4.78, 5) is 18.6. The number of aromatic hydroxyl groups is 1. The fraction of sp³-hybridized carbons (Fsp3) is 0.450. The van der Waals surface area contributed by atoms with Gasteiger partial charge in [0.15, 0.2) is 5.96 Å². The Bertz CT molecular complexity index is 811. The Morgan fingerprint density at radius 1 is 1.32 bits per heavy atom. The van der Waals surface area contributed by atoms with Gasteiger partial charge in [-0.15, -0.1) is 0 Å². The number of phenolic OH excluding ortho intramolecular Hbond substituents is 1. The van der Waals surface area contributed by atoms with Gasteiger partial charge in [-0.25, -0.2) is 4.99 Å². The van der Waals surface area contributed by atoms with Crippen LogP contribution in [-0.4, -0.2) is 51.8 Å². The summed E-state index contributed by atoms with van der Waals surface area (Å²) in [6, 6.07) is 6.34. The molecule has 1 amide bonds. The number of amides is 1. The third kappa shape index (κ3) is 6.00. The minimum atomic E-state index is -0.223. The molecule has 2 aromatic rings. The Labute approximate surface area is 166 Å². The van der Waals surface area contributed by atoms with Gasteiger partial charge in [-0.1, -0.05) is 13.8 Å². The normalized spacial score (nSPS) is 11.6. The van der Waals surface area contributed by atoms with Crippen molar-refractivity contribution in [1.29, 1.82) is 0 Å². The summed E-state index contributed by atoms with van der Waals surface area (Å²) in [5.74, 6) is 0.920. The predicted molar refractivity (Wildman–Crippen MR) is 111 cm³/mol. The molecular weight excluding hydrogens is 356 g/mol. The standard InChI is InChI=1S/C20H30N6O2/c1-6-21-20(22-11-18(28)23-16-7-9-17(27)10-8-16)25(4)12-15-13-26(5)24-19(15)14(2)3/h7-10,13-14,27H,6,11-12H2,1-5H3,(H,21,22)(H,23,28). The number of anilines is 1. The molecule has 0 bridgehead atoms. The van der Waals surface area contributed by atoms with Crippen molar-refractivity contribution < 1.29 is 9.90 Å². The van der Waals surface area contributed by atoms with E-state index in [0.29, 0.717) is 30.7 Å². The third-order valence-corrected chi connectivity index (χ3v) is 4.11. The van der Waals surface area contributed by atoms with Crippen LogP contribution in [0.15, 0.2) is 35.5 Å². The molecule has 1 heterocycles. The highest BCUT2D eigenvalue weighted by atomic mass is 16.3. The van der Waals surface area contributed by atoms with Crippen LogP contribution in [0.4, 0.5) is 5.69 Å². The number of hydrogen-bond acceptors (Lipinski definition) is 4. The molecule has 3 N–H and O–H groups in total. The Hall–Kier alpha value is -3.03. The fourth-order valence-corrected chi connectivity index (χ4v) is 2.85. The van der Waals surface area contributed by atoms with Gasteiger partial charge in [-0.05, 0) is 37.1 Å². The summed E-state index contributed by atoms with van der Waals surface area (Å²) < 4.78 is 1.83. The van der Waals surface area contributed by atoms with Crippen LogP contribution in [0.5, 0.6) is 5.75 Å². The van der Waals surface area contributed by atoms with E-state index in [-0.39, 0.29) is 18.2 Å². The van der Waals surface area contributed by atoms with E-state index in [0.717, 1.165) is 11.3 Å². The number of nitrogens with zero attached hydrogens (tertiary/aromatic N) is 4. The maximum absolute atomic E-state index is 12.2. The van der Waals surface area contributed by atoms with E-state index in [1.165, 1.54) is 12.1 Å². The summed E-state index contributed by atoms with van der Waals surface area (Å²) in [6.45, 7) is 7.58. The van der Waals surface area contributed by atoms with Crippen molar-refractivity contribution in [2.75, 3.05) is 25.5 Å². The maximum Gasteiger partial charge on any atom is 0.246 e. The number of aromatic nitrogens is 2. The first kappa shape index (κ1) is 21.3. The Balaban J connectivity index is 2.04. The number of rotatable bonds is 7. The number of aryl methyl sites for hydroxylation is 1. The number of carbonyl (C=O) groups is 1. The van der Waals surface area contributed by atoms with Crippen LogP contribution in [0, 0.1) is 0 Å². The van der Waals surface area contributed by atoms with Crippen LogP contribution in [0.3, 0.4) is 0 Å². The van der Waals surface area contributed by atoms with E-state index in [9.17, 15) is 9.90 Å². The maximum atomic E-state index is 12.2. The highest BCUT2D eigenvalue weighted by Crippen LogP contribution is 2.18. The molecule has 0 aliphatic heterocycles. The van der Waals surface area contributed by atoms with Crippen molar-refractivity contribution in [3.63, 3.8) is 0 Å². The summed E-state index contributed by atoms with van der Waals surface area (Å²) in [7, 11) is 3.86. The quantitative estimate of drug-likeness (QED) is 0.386. The van der Waals surface area contributed by atoms with Gasteiger partial charge in [0.1, 0.15) is 12.3 Å². The van der Waals surface area contributed by atoms with Crippen LogP contribution >= 0.6 is 0 Å². The Morgan fingerprint density at radius 3 is 2.61 bits per heavy atom. The molecule has 0 saturated heterocycles. The minimum Gasteiger partial charge on any atom is -0.508 e. The van der Waals surface area contributed by atoms with Crippen molar-refractivity contribution in [2.45, 2.75) is 33.2 Å². The molecule has 8 nitrogen and oxygen atoms in total. The number of phenols is 1. The summed E-state index contributed by atoms with van der Waals surface area (Å²) >= 11 is 0. The summed E-state index contributed by atoms with van der Waals surface area (Å²) in [5.41, 5.74) is 2.82. The lowest BCUT2D eigenvalue weighted by Crippen LogP contribution is -2.39. The molecule has 8 heteroatoms. The Kier molecular flexibility index (Phi) is 7.43. The van der Waals surface area contributed by atoms with Crippen LogP contribution in [0.2, 0.25) is 0 Å². The number of aliphatic imine (C=N–C) groups is 1. The van der Waals surface area contributed by atoms with Gasteiger partial charge in [-0.3, -0.25) is 9.48 Å². The van der Waals surface area contributed by atoms with E-state index < -0.39 is 0 Å². The molecule has 0 unspecified atom stereocenters. The van der Waals surface area contributed by atoms with Gasteiger partial charge in [0, 0.05) is 44.6 Å². The smallest absolute Gasteiger partial charge is 0.246 e. The van der Waals surface area contributed by atoms with Crippen LogP contribution in [-0.2, 0) is 18.4 Å². The molecule has 0 spiro atoms. The highest BCUT2D eigenvalue weighted by Gasteiger charge is 2.15. The van der Waals surface area contributed by atoms with E-state index >= 15 is 0 Å². The van der Waals surface area contributed by atoms with E-state index in [4.69, 9.17) is 0 Å². The molecule has 1 aromatic heterocycles. The average molecular weight is 387 g/mol. The number of hydrogen-bond donors (Lipinski definition) is 3. The van der Waals surface area contributed by atoms with Crippen molar-refractivity contribution in [3.8, 4) is 5.75 Å². The number of guanidine groups is 1. The van der Waals surface area contributed by atoms with Crippen molar-refractivity contribution >= 4 is 17.6 Å². The van der Waals surface area contributed by atoms with E-state index in [1.54, 1.807) is 12.1 Å². The zero-order valence-corrected chi connectivity index (χ0v) is 17.2. The van der Waals surface area contributed by atoms with Gasteiger partial charge in [-0.2, -0.15) is 5.10 Å².